The van der Waals surface area contributed by atoms with Crippen molar-refractivity contribution in [3.05, 3.63) is 74.5 Å². The van der Waals surface area contributed by atoms with Crippen molar-refractivity contribution in [2.75, 3.05) is 0 Å². The normalized spacial score (nSPS) is 12.1. The molecule has 0 aliphatic carbocycles. The van der Waals surface area contributed by atoms with Crippen LogP contribution in [0.4, 0.5) is 10.1 Å². The Hall–Kier alpha value is -1.98. The van der Waals surface area contributed by atoms with Gasteiger partial charge in [-0.05, 0) is 18.6 Å². The number of rotatable bonds is 5. The Bertz CT molecular complexity index is 664. The minimum absolute atomic E-state index is 0.0997. The molecule has 1 N–H and O–H groups in total. The number of nitrogens with one attached hydrogen (secondary N) is 1. The van der Waals surface area contributed by atoms with Gasteiger partial charge in [0.15, 0.2) is 0 Å². The van der Waals surface area contributed by atoms with Gasteiger partial charge in [0.25, 0.3) is 0 Å². The number of benzene rings is 2. The molecule has 6 heteroatoms. The van der Waals surface area contributed by atoms with Gasteiger partial charge in [-0.25, -0.2) is 0 Å². The van der Waals surface area contributed by atoms with E-state index in [1.165, 1.54) is 12.1 Å². The molecule has 0 saturated carbocycles. The lowest BCUT2D eigenvalue weighted by molar-refractivity contribution is -0.387. The quantitative estimate of drug-likeness (QED) is 0.664. The lowest BCUT2D eigenvalue weighted by Gasteiger charge is -2.16. The van der Waals surface area contributed by atoms with E-state index in [1.807, 2.05) is 25.1 Å². The van der Waals surface area contributed by atoms with E-state index in [0.717, 1.165) is 11.6 Å². The number of hydrogen-bond donors (Lipinski definition) is 1. The Labute approximate surface area is 126 Å². The molecule has 0 bridgehead atoms. The van der Waals surface area contributed by atoms with Crippen LogP contribution in [0.2, 0.25) is 5.02 Å². The van der Waals surface area contributed by atoms with E-state index in [9.17, 15) is 14.5 Å². The zero-order chi connectivity index (χ0) is 15.4. The molecule has 0 unspecified atom stereocenters. The van der Waals surface area contributed by atoms with Crippen LogP contribution in [0.25, 0.3) is 0 Å². The molecule has 0 aliphatic heterocycles. The highest BCUT2D eigenvalue weighted by molar-refractivity contribution is 6.31. The van der Waals surface area contributed by atoms with Gasteiger partial charge in [-0.2, -0.15) is 4.39 Å². The predicted molar refractivity (Wildman–Crippen MR) is 79.8 cm³/mol. The minimum atomic E-state index is -0.804. The molecule has 0 radical (unpaired) electrons. The topological polar surface area (TPSA) is 55.2 Å². The third-order valence-electron chi connectivity index (χ3n) is 3.23. The molecular formula is C15H14ClFN2O2. The second-order valence-electron chi connectivity index (χ2n) is 4.63. The molecule has 0 aliphatic rings. The summed E-state index contributed by atoms with van der Waals surface area (Å²) < 4.78 is 13.9. The first-order valence-corrected chi connectivity index (χ1v) is 6.78. The molecule has 4 nitrogen and oxygen atoms in total. The Kier molecular flexibility index (Phi) is 4.88. The Balaban J connectivity index is 2.12. The minimum Gasteiger partial charge on any atom is -0.306 e. The van der Waals surface area contributed by atoms with E-state index in [0.29, 0.717) is 5.02 Å². The smallest absolute Gasteiger partial charge is 0.305 e. The highest BCUT2D eigenvalue weighted by Gasteiger charge is 2.17. The number of nitro benzene ring substituents is 1. The number of halogens is 2. The summed E-state index contributed by atoms with van der Waals surface area (Å²) in [6.07, 6.45) is 0. The van der Waals surface area contributed by atoms with Crippen LogP contribution >= 0.6 is 11.6 Å². The molecule has 0 fully saturated rings. The van der Waals surface area contributed by atoms with Gasteiger partial charge in [0.1, 0.15) is 0 Å². The monoisotopic (exact) mass is 308 g/mol. The fraction of sp³-hybridized carbons (Fsp3) is 0.200. The molecule has 21 heavy (non-hydrogen) atoms. The zero-order valence-electron chi connectivity index (χ0n) is 11.3. The van der Waals surface area contributed by atoms with E-state index >= 15 is 0 Å². The van der Waals surface area contributed by atoms with Crippen LogP contribution in [0.15, 0.2) is 42.5 Å². The number of hydrogen-bond acceptors (Lipinski definition) is 3. The summed E-state index contributed by atoms with van der Waals surface area (Å²) >= 11 is 6.10. The molecule has 0 aromatic heterocycles. The Morgan fingerprint density at radius 1 is 1.29 bits per heavy atom. The number of nitrogens with zero attached hydrogens (tertiary/aromatic N) is 1. The van der Waals surface area contributed by atoms with Crippen LogP contribution in [0.1, 0.15) is 24.1 Å². The maximum atomic E-state index is 13.9. The van der Waals surface area contributed by atoms with Gasteiger partial charge in [0.2, 0.25) is 5.82 Å². The third-order valence-corrected chi connectivity index (χ3v) is 3.57. The lowest BCUT2D eigenvalue weighted by atomic mass is 10.1. The van der Waals surface area contributed by atoms with Crippen molar-refractivity contribution < 1.29 is 9.31 Å². The summed E-state index contributed by atoms with van der Waals surface area (Å²) in [6.45, 7) is 2.08. The summed E-state index contributed by atoms with van der Waals surface area (Å²) in [5, 5.41) is 14.4. The van der Waals surface area contributed by atoms with Crippen molar-refractivity contribution >= 4 is 17.3 Å². The van der Waals surface area contributed by atoms with Gasteiger partial charge < -0.3 is 5.32 Å². The molecule has 110 valence electrons. The molecular weight excluding hydrogens is 295 g/mol. The van der Waals surface area contributed by atoms with Gasteiger partial charge in [0.05, 0.1) is 4.92 Å². The summed E-state index contributed by atoms with van der Waals surface area (Å²) in [4.78, 5) is 9.98. The van der Waals surface area contributed by atoms with Crippen LogP contribution in [-0.2, 0) is 6.54 Å². The maximum Gasteiger partial charge on any atom is 0.305 e. The van der Waals surface area contributed by atoms with Crippen LogP contribution in [-0.4, -0.2) is 4.92 Å². The van der Waals surface area contributed by atoms with Gasteiger partial charge in [0, 0.05) is 29.2 Å². The van der Waals surface area contributed by atoms with Crippen LogP contribution in [0.5, 0.6) is 0 Å². The molecule has 2 aromatic carbocycles. The van der Waals surface area contributed by atoms with E-state index in [2.05, 4.69) is 5.32 Å². The SMILES string of the molecule is C[C@H](NCc1cccc([N+](=O)[O-])c1F)c1ccccc1Cl. The summed E-state index contributed by atoms with van der Waals surface area (Å²) in [7, 11) is 0. The fourth-order valence-corrected chi connectivity index (χ4v) is 2.34. The first kappa shape index (κ1) is 15.4. The van der Waals surface area contributed by atoms with Gasteiger partial charge in [-0.3, -0.25) is 10.1 Å². The molecule has 0 heterocycles. The van der Waals surface area contributed by atoms with Crippen molar-refractivity contribution in [3.8, 4) is 0 Å². The molecule has 0 spiro atoms. The van der Waals surface area contributed by atoms with Gasteiger partial charge >= 0.3 is 5.69 Å². The molecule has 1 atom stereocenters. The predicted octanol–water partition coefficient (Wildman–Crippen LogP) is 4.24. The van der Waals surface area contributed by atoms with Crippen LogP contribution in [0, 0.1) is 15.9 Å². The molecule has 2 rings (SSSR count). The molecule has 2 aromatic rings. The Morgan fingerprint density at radius 2 is 2.00 bits per heavy atom. The number of nitro groups is 1. The van der Waals surface area contributed by atoms with Crippen molar-refractivity contribution in [2.45, 2.75) is 19.5 Å². The molecule has 0 saturated heterocycles. The summed E-state index contributed by atoms with van der Waals surface area (Å²) in [5.74, 6) is -0.804. The van der Waals surface area contributed by atoms with Crippen molar-refractivity contribution in [2.24, 2.45) is 0 Å². The summed E-state index contributed by atoms with van der Waals surface area (Å²) in [5.41, 5.74) is 0.632. The van der Waals surface area contributed by atoms with E-state index in [-0.39, 0.29) is 18.2 Å². The van der Waals surface area contributed by atoms with Gasteiger partial charge in [-0.1, -0.05) is 41.9 Å². The molecule has 0 amide bonds. The zero-order valence-corrected chi connectivity index (χ0v) is 12.1. The highest BCUT2D eigenvalue weighted by atomic mass is 35.5. The first-order valence-electron chi connectivity index (χ1n) is 6.40. The highest BCUT2D eigenvalue weighted by Crippen LogP contribution is 2.24. The summed E-state index contributed by atoms with van der Waals surface area (Å²) in [6, 6.07) is 11.4. The first-order chi connectivity index (χ1) is 10.0. The second kappa shape index (κ2) is 6.65. The average molecular weight is 309 g/mol. The van der Waals surface area contributed by atoms with Gasteiger partial charge in [-0.15, -0.1) is 0 Å². The second-order valence-corrected chi connectivity index (χ2v) is 5.04. The maximum absolute atomic E-state index is 13.9. The van der Waals surface area contributed by atoms with Crippen molar-refractivity contribution in [3.63, 3.8) is 0 Å². The van der Waals surface area contributed by atoms with Crippen molar-refractivity contribution in [1.29, 1.82) is 0 Å². The average Bonchev–Trinajstić information content (AvgIpc) is 2.46. The largest absolute Gasteiger partial charge is 0.306 e. The standard InChI is InChI=1S/C15H14ClFN2O2/c1-10(12-6-2-3-7-13(12)16)18-9-11-5-4-8-14(15(11)17)19(20)21/h2-8,10,18H,9H2,1H3/t10-/m0/s1. The van der Waals surface area contributed by atoms with Crippen LogP contribution < -0.4 is 5.32 Å². The lowest BCUT2D eigenvalue weighted by Crippen LogP contribution is -2.19. The van der Waals surface area contributed by atoms with E-state index in [1.54, 1.807) is 6.07 Å². The van der Waals surface area contributed by atoms with E-state index < -0.39 is 16.4 Å². The Morgan fingerprint density at radius 3 is 2.67 bits per heavy atom. The van der Waals surface area contributed by atoms with Crippen LogP contribution in [0.3, 0.4) is 0 Å². The van der Waals surface area contributed by atoms with E-state index in [4.69, 9.17) is 11.6 Å². The third kappa shape index (κ3) is 3.56. The fourth-order valence-electron chi connectivity index (χ4n) is 2.04. The van der Waals surface area contributed by atoms with Crippen molar-refractivity contribution in [1.82, 2.24) is 5.32 Å².